The van der Waals surface area contributed by atoms with Crippen LogP contribution in [0.25, 0.3) is 21.8 Å². The monoisotopic (exact) mass is 646 g/mol. The highest BCUT2D eigenvalue weighted by Gasteiger charge is 2.21. The number of carbonyl (C=O) groups is 2. The Balaban J connectivity index is 1.62. The minimum Gasteiger partial charge on any atom is -0.444 e. The number of alkyl carbamates (subject to hydrolysis) is 1. The van der Waals surface area contributed by atoms with Crippen molar-refractivity contribution in [1.82, 2.24) is 20.2 Å². The zero-order chi connectivity index (χ0) is 31.5. The number of halogens is 3. The number of ether oxygens (including phenoxy) is 2. The molecule has 0 saturated carbocycles. The van der Waals surface area contributed by atoms with Gasteiger partial charge < -0.3 is 24.7 Å². The summed E-state index contributed by atoms with van der Waals surface area (Å²) in [5, 5.41) is 12.1. The summed E-state index contributed by atoms with van der Waals surface area (Å²) in [5.74, 6) is 0.442. The molecule has 0 aliphatic heterocycles. The van der Waals surface area contributed by atoms with Crippen LogP contribution in [0.1, 0.15) is 41.5 Å². The van der Waals surface area contributed by atoms with Gasteiger partial charge in [-0.3, -0.25) is 5.32 Å². The number of benzene rings is 2. The van der Waals surface area contributed by atoms with E-state index in [-0.39, 0.29) is 12.5 Å². The van der Waals surface area contributed by atoms with Crippen LogP contribution < -0.4 is 16.0 Å². The molecule has 228 valence electrons. The Labute approximate surface area is 264 Å². The molecule has 2 amide bonds. The summed E-state index contributed by atoms with van der Waals surface area (Å²) in [6.45, 7) is 11.1. The van der Waals surface area contributed by atoms with E-state index in [4.69, 9.17) is 44.3 Å². The van der Waals surface area contributed by atoms with Crippen molar-refractivity contribution in [2.24, 2.45) is 4.99 Å². The van der Waals surface area contributed by atoms with Gasteiger partial charge in [-0.2, -0.15) is 0 Å². The van der Waals surface area contributed by atoms with Gasteiger partial charge in [0.25, 0.3) is 0 Å². The molecule has 0 fully saturated rings. The number of nitrogens with one attached hydrogen (secondary N) is 3. The summed E-state index contributed by atoms with van der Waals surface area (Å²) in [5.41, 5.74) is 1.12. The second-order valence-corrected chi connectivity index (χ2v) is 12.9. The normalized spacial score (nSPS) is 12.3. The first-order valence-electron chi connectivity index (χ1n) is 13.4. The van der Waals surface area contributed by atoms with Crippen LogP contribution in [0.2, 0.25) is 15.1 Å². The summed E-state index contributed by atoms with van der Waals surface area (Å²) in [4.78, 5) is 33.2. The van der Waals surface area contributed by atoms with Crippen LogP contribution in [0.3, 0.4) is 0 Å². The molecule has 2 aromatic carbocycles. The van der Waals surface area contributed by atoms with E-state index in [0.717, 1.165) is 27.5 Å². The number of aromatic nitrogens is 2. The quantitative estimate of drug-likeness (QED) is 0.147. The Kier molecular flexibility index (Phi) is 9.63. The van der Waals surface area contributed by atoms with Crippen molar-refractivity contribution in [3.05, 3.63) is 63.7 Å². The van der Waals surface area contributed by atoms with E-state index in [1.807, 2.05) is 36.4 Å². The highest BCUT2D eigenvalue weighted by Crippen LogP contribution is 2.33. The molecular weight excluding hydrogens is 615 g/mol. The SMILES string of the molecule is CC(C)(C)OC(=O)/N=C(/NCCn1c2ccc(Cl)cc2c2ccc(Nc3cc(Cl)c(Cl)cn3)cc21)NC(=O)OC(C)(C)C. The van der Waals surface area contributed by atoms with Crippen molar-refractivity contribution >= 4 is 86.3 Å². The van der Waals surface area contributed by atoms with Crippen LogP contribution in [0.5, 0.6) is 0 Å². The van der Waals surface area contributed by atoms with Gasteiger partial charge in [0.2, 0.25) is 5.96 Å². The molecule has 0 radical (unpaired) electrons. The van der Waals surface area contributed by atoms with Gasteiger partial charge in [-0.15, -0.1) is 4.99 Å². The largest absolute Gasteiger partial charge is 0.444 e. The maximum atomic E-state index is 12.5. The number of anilines is 2. The van der Waals surface area contributed by atoms with Gasteiger partial charge in [-0.25, -0.2) is 14.6 Å². The Morgan fingerprint density at radius 3 is 2.28 bits per heavy atom. The fourth-order valence-electron chi connectivity index (χ4n) is 4.19. The number of amides is 2. The summed E-state index contributed by atoms with van der Waals surface area (Å²) < 4.78 is 12.7. The molecule has 0 aliphatic rings. The topological polar surface area (TPSA) is 119 Å². The number of guanidine groups is 1. The molecule has 0 spiro atoms. The molecule has 4 aromatic rings. The van der Waals surface area contributed by atoms with E-state index in [1.54, 1.807) is 47.6 Å². The average Bonchev–Trinajstić information content (AvgIpc) is 3.16. The Hall–Kier alpha value is -3.73. The first-order chi connectivity index (χ1) is 20.1. The number of nitrogens with zero attached hydrogens (tertiary/aromatic N) is 3. The van der Waals surface area contributed by atoms with Crippen molar-refractivity contribution in [2.45, 2.75) is 59.3 Å². The fraction of sp³-hybridized carbons (Fsp3) is 0.333. The maximum absolute atomic E-state index is 12.5. The van der Waals surface area contributed by atoms with Crippen molar-refractivity contribution in [1.29, 1.82) is 0 Å². The van der Waals surface area contributed by atoms with Crippen LogP contribution in [0.15, 0.2) is 53.7 Å². The van der Waals surface area contributed by atoms with Gasteiger partial charge in [-0.05, 0) is 71.9 Å². The lowest BCUT2D eigenvalue weighted by Gasteiger charge is -2.21. The molecule has 13 heteroatoms. The van der Waals surface area contributed by atoms with Crippen molar-refractivity contribution in [3.63, 3.8) is 0 Å². The van der Waals surface area contributed by atoms with E-state index in [1.165, 1.54) is 6.20 Å². The highest BCUT2D eigenvalue weighted by atomic mass is 35.5. The van der Waals surface area contributed by atoms with Crippen molar-refractivity contribution < 1.29 is 19.1 Å². The molecule has 0 saturated heterocycles. The van der Waals surface area contributed by atoms with Crippen LogP contribution >= 0.6 is 34.8 Å². The minimum absolute atomic E-state index is 0.0969. The molecule has 0 aliphatic carbocycles. The summed E-state index contributed by atoms with van der Waals surface area (Å²) in [6, 6.07) is 13.3. The van der Waals surface area contributed by atoms with Crippen LogP contribution in [-0.4, -0.2) is 45.4 Å². The number of fused-ring (bicyclic) bond motifs is 3. The van der Waals surface area contributed by atoms with E-state index in [9.17, 15) is 9.59 Å². The standard InChI is InChI=1S/C30H33Cl3N6O4/c1-29(2,3)42-27(40)37-26(38-28(41)43-30(4,5)6)34-11-12-39-23-10-7-17(31)13-20(23)19-9-8-18(14-24(19)39)36-25-15-21(32)22(33)16-35-25/h7-10,13-16H,11-12H2,1-6H3,(H,35,36)(H2,34,37,38,40,41). The van der Waals surface area contributed by atoms with Crippen LogP contribution in [0, 0.1) is 0 Å². The second kappa shape index (κ2) is 12.9. The first kappa shape index (κ1) is 32.2. The first-order valence-corrected chi connectivity index (χ1v) is 14.6. The third-order valence-electron chi connectivity index (χ3n) is 5.75. The smallest absolute Gasteiger partial charge is 0.437 e. The van der Waals surface area contributed by atoms with Gasteiger partial charge >= 0.3 is 12.2 Å². The number of hydrogen-bond acceptors (Lipinski definition) is 6. The fourth-order valence-corrected chi connectivity index (χ4v) is 4.62. The summed E-state index contributed by atoms with van der Waals surface area (Å²) in [6.07, 6.45) is -0.137. The van der Waals surface area contributed by atoms with Crippen molar-refractivity contribution in [2.75, 3.05) is 11.9 Å². The van der Waals surface area contributed by atoms with E-state index < -0.39 is 23.4 Å². The molecule has 0 bridgehead atoms. The van der Waals surface area contributed by atoms with Crippen LogP contribution in [0.4, 0.5) is 21.1 Å². The predicted molar refractivity (Wildman–Crippen MR) is 173 cm³/mol. The molecule has 10 nitrogen and oxygen atoms in total. The Bertz CT molecular complexity index is 1710. The lowest BCUT2D eigenvalue weighted by atomic mass is 10.1. The van der Waals surface area contributed by atoms with Crippen molar-refractivity contribution in [3.8, 4) is 0 Å². The van der Waals surface area contributed by atoms with E-state index in [0.29, 0.717) is 27.4 Å². The molecule has 0 atom stereocenters. The average molecular weight is 648 g/mol. The van der Waals surface area contributed by atoms with Gasteiger partial charge in [0.15, 0.2) is 0 Å². The van der Waals surface area contributed by atoms with E-state index in [2.05, 4.69) is 30.5 Å². The zero-order valence-electron chi connectivity index (χ0n) is 24.6. The third-order valence-corrected chi connectivity index (χ3v) is 6.70. The summed E-state index contributed by atoms with van der Waals surface area (Å²) >= 11 is 18.5. The minimum atomic E-state index is -0.857. The zero-order valence-corrected chi connectivity index (χ0v) is 26.9. The number of hydrogen-bond donors (Lipinski definition) is 3. The number of rotatable bonds is 5. The molecule has 2 aromatic heterocycles. The van der Waals surface area contributed by atoms with E-state index >= 15 is 0 Å². The van der Waals surface area contributed by atoms with Gasteiger partial charge in [0.05, 0.1) is 15.6 Å². The highest BCUT2D eigenvalue weighted by molar-refractivity contribution is 6.42. The number of pyridine rings is 1. The molecule has 0 unspecified atom stereocenters. The molecule has 43 heavy (non-hydrogen) atoms. The van der Waals surface area contributed by atoms with Gasteiger partial charge in [0, 0.05) is 52.4 Å². The predicted octanol–water partition coefficient (Wildman–Crippen LogP) is 8.30. The third kappa shape index (κ3) is 8.89. The maximum Gasteiger partial charge on any atom is 0.437 e. The Morgan fingerprint density at radius 1 is 0.884 bits per heavy atom. The second-order valence-electron chi connectivity index (χ2n) is 11.6. The lowest BCUT2D eigenvalue weighted by molar-refractivity contribution is 0.0560. The van der Waals surface area contributed by atoms with Gasteiger partial charge in [0.1, 0.15) is 17.0 Å². The number of carbonyl (C=O) groups excluding carboxylic acids is 2. The molecule has 4 rings (SSSR count). The molecule has 3 N–H and O–H groups in total. The molecular formula is C30H33Cl3N6O4. The number of aliphatic imine (C=N–C) groups is 1. The molecule has 2 heterocycles. The Morgan fingerprint density at radius 2 is 1.60 bits per heavy atom. The summed E-state index contributed by atoms with van der Waals surface area (Å²) in [7, 11) is 0. The van der Waals surface area contributed by atoms with Gasteiger partial charge in [-0.1, -0.05) is 40.9 Å². The van der Waals surface area contributed by atoms with Crippen LogP contribution in [-0.2, 0) is 16.0 Å². The lowest BCUT2D eigenvalue weighted by Crippen LogP contribution is -2.45.